The van der Waals surface area contributed by atoms with E-state index in [1.807, 2.05) is 17.5 Å². The molecule has 1 aliphatic heterocycles. The molecule has 0 radical (unpaired) electrons. The molecule has 1 atom stereocenters. The van der Waals surface area contributed by atoms with Crippen molar-refractivity contribution in [1.29, 1.82) is 0 Å². The summed E-state index contributed by atoms with van der Waals surface area (Å²) < 4.78 is 5.46. The van der Waals surface area contributed by atoms with E-state index in [0.717, 1.165) is 35.9 Å². The number of aryl methyl sites for hydroxylation is 1. The van der Waals surface area contributed by atoms with Gasteiger partial charge in [0.05, 0.1) is 6.04 Å². The van der Waals surface area contributed by atoms with Crippen LogP contribution in [0.1, 0.15) is 17.4 Å². The molecule has 1 unspecified atom stereocenters. The Bertz CT molecular complexity index is 843. The second kappa shape index (κ2) is 6.43. The third kappa shape index (κ3) is 2.86. The number of nitrogens with one attached hydrogen (secondary N) is 1. The lowest BCUT2D eigenvalue weighted by atomic mass is 10.1. The minimum absolute atomic E-state index is 0.144. The number of hydrogen-bond donors (Lipinski definition) is 1. The third-order valence-electron chi connectivity index (χ3n) is 4.35. The van der Waals surface area contributed by atoms with Crippen molar-refractivity contribution in [2.24, 2.45) is 0 Å². The van der Waals surface area contributed by atoms with Crippen molar-refractivity contribution in [3.05, 3.63) is 41.0 Å². The summed E-state index contributed by atoms with van der Waals surface area (Å²) >= 11 is 1.60. The van der Waals surface area contributed by atoms with Gasteiger partial charge in [0.15, 0.2) is 5.82 Å². The molecule has 6 nitrogen and oxygen atoms in total. The van der Waals surface area contributed by atoms with Gasteiger partial charge in [-0.25, -0.2) is 4.98 Å². The van der Waals surface area contributed by atoms with Crippen LogP contribution in [-0.4, -0.2) is 46.7 Å². The molecule has 0 spiro atoms. The summed E-state index contributed by atoms with van der Waals surface area (Å²) in [6.45, 7) is 4.89. The number of piperazine rings is 1. The van der Waals surface area contributed by atoms with Gasteiger partial charge in [0.25, 0.3) is 5.89 Å². The van der Waals surface area contributed by atoms with Gasteiger partial charge in [0.1, 0.15) is 10.7 Å². The van der Waals surface area contributed by atoms with E-state index in [1.54, 1.807) is 11.3 Å². The number of likely N-dealkylation sites (N-methyl/N-ethyl adjacent to an activating group) is 1. The maximum atomic E-state index is 5.46. The first-order chi connectivity index (χ1) is 11.7. The number of aromatic nitrogens is 3. The first-order valence-corrected chi connectivity index (χ1v) is 8.87. The van der Waals surface area contributed by atoms with Gasteiger partial charge in [-0.1, -0.05) is 29.4 Å². The summed E-state index contributed by atoms with van der Waals surface area (Å²) in [6, 6.07) is 8.38. The molecule has 0 amide bonds. The van der Waals surface area contributed by atoms with Crippen molar-refractivity contribution < 1.29 is 4.52 Å². The zero-order valence-corrected chi connectivity index (χ0v) is 14.5. The summed E-state index contributed by atoms with van der Waals surface area (Å²) in [6.07, 6.45) is 0. The fourth-order valence-corrected chi connectivity index (χ4v) is 3.76. The molecule has 7 heteroatoms. The largest absolute Gasteiger partial charge is 0.332 e. The zero-order valence-electron chi connectivity index (χ0n) is 13.7. The number of rotatable bonds is 3. The van der Waals surface area contributed by atoms with Gasteiger partial charge >= 0.3 is 0 Å². The van der Waals surface area contributed by atoms with Gasteiger partial charge in [0.2, 0.25) is 0 Å². The molecule has 2 aromatic heterocycles. The molecule has 1 N–H and O–H groups in total. The Hall–Kier alpha value is -2.09. The maximum Gasteiger partial charge on any atom is 0.277 e. The zero-order chi connectivity index (χ0) is 16.5. The van der Waals surface area contributed by atoms with Gasteiger partial charge in [-0.05, 0) is 19.5 Å². The van der Waals surface area contributed by atoms with Gasteiger partial charge < -0.3 is 9.84 Å². The number of benzene rings is 1. The van der Waals surface area contributed by atoms with E-state index in [1.165, 1.54) is 5.56 Å². The molecular weight excluding hydrogens is 322 g/mol. The highest BCUT2D eigenvalue weighted by molar-refractivity contribution is 7.13. The second-order valence-electron chi connectivity index (χ2n) is 6.01. The van der Waals surface area contributed by atoms with Crippen molar-refractivity contribution >= 4 is 11.3 Å². The molecule has 24 heavy (non-hydrogen) atoms. The van der Waals surface area contributed by atoms with Crippen LogP contribution in [0.15, 0.2) is 34.2 Å². The average molecular weight is 341 g/mol. The van der Waals surface area contributed by atoms with E-state index in [9.17, 15) is 0 Å². The summed E-state index contributed by atoms with van der Waals surface area (Å²) in [5.74, 6) is 1.20. The van der Waals surface area contributed by atoms with Crippen LogP contribution in [0, 0.1) is 6.92 Å². The van der Waals surface area contributed by atoms with Crippen LogP contribution in [0.2, 0.25) is 0 Å². The SMILES string of the molecule is Cc1ccccc1-c1nc(-c2nc(C3CNCCN3C)no2)cs1. The fraction of sp³-hybridized carbons (Fsp3) is 0.353. The maximum absolute atomic E-state index is 5.46. The van der Waals surface area contributed by atoms with Crippen LogP contribution in [0.25, 0.3) is 22.2 Å². The molecule has 3 aromatic rings. The highest BCUT2D eigenvalue weighted by atomic mass is 32.1. The average Bonchev–Trinajstić information content (AvgIpc) is 3.25. The number of nitrogens with zero attached hydrogens (tertiary/aromatic N) is 4. The number of hydrogen-bond acceptors (Lipinski definition) is 7. The minimum Gasteiger partial charge on any atom is -0.332 e. The predicted molar refractivity (Wildman–Crippen MR) is 93.8 cm³/mol. The standard InChI is InChI=1S/C17H19N5OS/c1-11-5-3-4-6-12(11)17-19-13(10-24-17)16-20-15(21-23-16)14-9-18-7-8-22(14)2/h3-6,10,14,18H,7-9H2,1-2H3. The summed E-state index contributed by atoms with van der Waals surface area (Å²) in [5.41, 5.74) is 3.09. The Kier molecular flexibility index (Phi) is 4.13. The molecule has 1 aromatic carbocycles. The predicted octanol–water partition coefficient (Wildman–Crippen LogP) is 2.74. The van der Waals surface area contributed by atoms with E-state index < -0.39 is 0 Å². The van der Waals surface area contributed by atoms with Gasteiger partial charge in [-0.15, -0.1) is 11.3 Å². The van der Waals surface area contributed by atoms with Crippen molar-refractivity contribution in [2.45, 2.75) is 13.0 Å². The molecule has 0 bridgehead atoms. The van der Waals surface area contributed by atoms with Crippen LogP contribution >= 0.6 is 11.3 Å². The monoisotopic (exact) mass is 341 g/mol. The topological polar surface area (TPSA) is 67.1 Å². The van der Waals surface area contributed by atoms with Crippen LogP contribution in [-0.2, 0) is 0 Å². The molecule has 124 valence electrons. The normalized spacial score (nSPS) is 18.8. The molecule has 3 heterocycles. The Morgan fingerprint density at radius 2 is 2.17 bits per heavy atom. The van der Waals surface area contributed by atoms with Crippen molar-refractivity contribution in [2.75, 3.05) is 26.7 Å². The molecule has 0 saturated carbocycles. The molecule has 1 aliphatic rings. The lowest BCUT2D eigenvalue weighted by molar-refractivity contribution is 0.190. The lowest BCUT2D eigenvalue weighted by Crippen LogP contribution is -2.44. The van der Waals surface area contributed by atoms with Crippen molar-refractivity contribution in [3.63, 3.8) is 0 Å². The summed E-state index contributed by atoms with van der Waals surface area (Å²) in [7, 11) is 2.08. The Morgan fingerprint density at radius 1 is 1.29 bits per heavy atom. The van der Waals surface area contributed by atoms with Crippen LogP contribution in [0.4, 0.5) is 0 Å². The Morgan fingerprint density at radius 3 is 3.00 bits per heavy atom. The highest BCUT2D eigenvalue weighted by Crippen LogP contribution is 2.30. The summed E-state index contributed by atoms with van der Waals surface area (Å²) in [5, 5.41) is 10.5. The molecule has 4 rings (SSSR count). The van der Waals surface area contributed by atoms with E-state index in [0.29, 0.717) is 11.7 Å². The molecule has 1 fully saturated rings. The quantitative estimate of drug-likeness (QED) is 0.790. The van der Waals surface area contributed by atoms with Crippen LogP contribution in [0.5, 0.6) is 0 Å². The highest BCUT2D eigenvalue weighted by Gasteiger charge is 2.26. The van der Waals surface area contributed by atoms with Gasteiger partial charge in [-0.2, -0.15) is 4.98 Å². The fourth-order valence-electron chi connectivity index (χ4n) is 2.88. The van der Waals surface area contributed by atoms with Crippen LogP contribution in [0.3, 0.4) is 0 Å². The van der Waals surface area contributed by atoms with Crippen LogP contribution < -0.4 is 5.32 Å². The molecular formula is C17H19N5OS. The lowest BCUT2D eigenvalue weighted by Gasteiger charge is -2.30. The summed E-state index contributed by atoms with van der Waals surface area (Å²) in [4.78, 5) is 11.5. The van der Waals surface area contributed by atoms with Gasteiger partial charge in [-0.3, -0.25) is 4.90 Å². The Balaban J connectivity index is 1.60. The van der Waals surface area contributed by atoms with E-state index in [4.69, 9.17) is 4.52 Å². The first-order valence-electron chi connectivity index (χ1n) is 7.99. The van der Waals surface area contributed by atoms with Crippen molar-refractivity contribution in [3.8, 4) is 22.2 Å². The van der Waals surface area contributed by atoms with Crippen molar-refractivity contribution in [1.82, 2.24) is 25.3 Å². The van der Waals surface area contributed by atoms with E-state index >= 15 is 0 Å². The Labute approximate surface area is 144 Å². The smallest absolute Gasteiger partial charge is 0.277 e. The molecule has 1 saturated heterocycles. The van der Waals surface area contributed by atoms with E-state index in [2.05, 4.69) is 51.4 Å². The van der Waals surface area contributed by atoms with Gasteiger partial charge in [0, 0.05) is 30.6 Å². The number of thiazole rings is 1. The van der Waals surface area contributed by atoms with E-state index in [-0.39, 0.29) is 6.04 Å². The third-order valence-corrected chi connectivity index (χ3v) is 5.23. The minimum atomic E-state index is 0.144. The second-order valence-corrected chi connectivity index (χ2v) is 6.87. The first kappa shape index (κ1) is 15.4. The molecule has 0 aliphatic carbocycles.